The number of anilines is 1. The summed E-state index contributed by atoms with van der Waals surface area (Å²) < 4.78 is 5.88. The molecular weight excluding hydrogens is 394 g/mol. The lowest BCUT2D eigenvalue weighted by Crippen LogP contribution is -2.48. The van der Waals surface area contributed by atoms with Crippen molar-refractivity contribution in [3.05, 3.63) is 89.4 Å². The van der Waals surface area contributed by atoms with Gasteiger partial charge in [-0.05, 0) is 49.6 Å². The van der Waals surface area contributed by atoms with Gasteiger partial charge in [0.2, 0.25) is 0 Å². The van der Waals surface area contributed by atoms with Gasteiger partial charge in [-0.15, -0.1) is 0 Å². The third-order valence-corrected chi connectivity index (χ3v) is 7.18. The number of para-hydroxylation sites is 1. The highest BCUT2D eigenvalue weighted by Gasteiger charge is 2.35. The summed E-state index contributed by atoms with van der Waals surface area (Å²) in [5.41, 5.74) is 4.18. The molecule has 0 bridgehead atoms. The summed E-state index contributed by atoms with van der Waals surface area (Å²) in [7, 11) is 0. The highest BCUT2D eigenvalue weighted by Crippen LogP contribution is 2.35. The topological polar surface area (TPSA) is 22.9 Å². The predicted octanol–water partition coefficient (Wildman–Crippen LogP) is 4.93. The van der Waals surface area contributed by atoms with Crippen molar-refractivity contribution in [3.8, 4) is 0 Å². The van der Waals surface area contributed by atoms with E-state index in [2.05, 4.69) is 88.4 Å². The third-order valence-electron chi connectivity index (χ3n) is 7.18. The van der Waals surface area contributed by atoms with Gasteiger partial charge in [0, 0.05) is 57.4 Å². The van der Waals surface area contributed by atoms with Crippen molar-refractivity contribution >= 4 is 5.69 Å². The molecule has 0 aliphatic carbocycles. The van der Waals surface area contributed by atoms with E-state index in [0.717, 1.165) is 57.3 Å². The molecule has 168 valence electrons. The van der Waals surface area contributed by atoms with Gasteiger partial charge in [0.1, 0.15) is 11.5 Å². The van der Waals surface area contributed by atoms with E-state index in [9.17, 15) is 0 Å². The second kappa shape index (κ2) is 9.51. The molecule has 2 atom stereocenters. The summed E-state index contributed by atoms with van der Waals surface area (Å²) in [5.74, 6) is 3.32. The van der Waals surface area contributed by atoms with Crippen LogP contribution in [0, 0.1) is 19.8 Å². The minimum atomic E-state index is 0.582. The van der Waals surface area contributed by atoms with E-state index in [1.165, 1.54) is 23.4 Å². The van der Waals surface area contributed by atoms with Gasteiger partial charge in [-0.2, -0.15) is 0 Å². The molecule has 3 aromatic rings. The number of aryl methyl sites for hydroxylation is 2. The zero-order valence-electron chi connectivity index (χ0n) is 19.4. The van der Waals surface area contributed by atoms with Crippen LogP contribution in [0.1, 0.15) is 28.6 Å². The lowest BCUT2D eigenvalue weighted by molar-refractivity contribution is 0.207. The minimum Gasteiger partial charge on any atom is -0.465 e. The number of furan rings is 1. The number of piperazine rings is 1. The molecule has 0 radical (unpaired) electrons. The van der Waals surface area contributed by atoms with E-state index < -0.39 is 0 Å². The van der Waals surface area contributed by atoms with Gasteiger partial charge in [0.05, 0.1) is 6.54 Å². The van der Waals surface area contributed by atoms with Crippen molar-refractivity contribution in [2.24, 2.45) is 5.92 Å². The standard InChI is InChI=1S/C28H35N3O/c1-22-8-11-24(12-9-22)28-21-30(20-27-13-10-23(2)32-27)19-25(28)18-29-14-16-31(17-15-29)26-6-4-3-5-7-26/h3-13,25,28H,14-21H2,1-2H3. The van der Waals surface area contributed by atoms with E-state index in [-0.39, 0.29) is 0 Å². The Morgan fingerprint density at radius 1 is 0.781 bits per heavy atom. The van der Waals surface area contributed by atoms with Crippen LogP contribution in [0.25, 0.3) is 0 Å². The average molecular weight is 430 g/mol. The molecule has 2 aromatic carbocycles. The molecule has 2 unspecified atom stereocenters. The second-order valence-corrected chi connectivity index (χ2v) is 9.61. The monoisotopic (exact) mass is 429 g/mol. The molecule has 0 spiro atoms. The van der Waals surface area contributed by atoms with E-state index >= 15 is 0 Å². The van der Waals surface area contributed by atoms with E-state index in [0.29, 0.717) is 11.8 Å². The van der Waals surface area contributed by atoms with Crippen LogP contribution < -0.4 is 4.90 Å². The summed E-state index contributed by atoms with van der Waals surface area (Å²) in [6.45, 7) is 13.0. The number of rotatable bonds is 6. The highest BCUT2D eigenvalue weighted by atomic mass is 16.3. The van der Waals surface area contributed by atoms with Crippen LogP contribution in [0.3, 0.4) is 0 Å². The van der Waals surface area contributed by atoms with Crippen LogP contribution in [-0.4, -0.2) is 55.6 Å². The van der Waals surface area contributed by atoms with Gasteiger partial charge < -0.3 is 9.32 Å². The fraction of sp³-hybridized carbons (Fsp3) is 0.429. The molecule has 3 heterocycles. The van der Waals surface area contributed by atoms with Crippen LogP contribution in [0.2, 0.25) is 0 Å². The Hall–Kier alpha value is -2.56. The van der Waals surface area contributed by atoms with Crippen molar-refractivity contribution in [2.75, 3.05) is 50.7 Å². The molecule has 4 heteroatoms. The first-order chi connectivity index (χ1) is 15.6. The van der Waals surface area contributed by atoms with E-state index in [4.69, 9.17) is 4.42 Å². The quantitative estimate of drug-likeness (QED) is 0.554. The third kappa shape index (κ3) is 4.92. The average Bonchev–Trinajstić information content (AvgIpc) is 3.41. The number of nitrogens with zero attached hydrogens (tertiary/aromatic N) is 3. The molecule has 4 nitrogen and oxygen atoms in total. The van der Waals surface area contributed by atoms with Gasteiger partial charge in [-0.25, -0.2) is 0 Å². The molecule has 5 rings (SSSR count). The zero-order chi connectivity index (χ0) is 21.9. The summed E-state index contributed by atoms with van der Waals surface area (Å²) >= 11 is 0. The molecule has 0 amide bonds. The summed E-state index contributed by atoms with van der Waals surface area (Å²) in [5, 5.41) is 0. The molecule has 2 fully saturated rings. The minimum absolute atomic E-state index is 0.582. The van der Waals surface area contributed by atoms with Crippen LogP contribution >= 0.6 is 0 Å². The van der Waals surface area contributed by atoms with Crippen molar-refractivity contribution in [3.63, 3.8) is 0 Å². The molecule has 0 saturated carbocycles. The number of likely N-dealkylation sites (tertiary alicyclic amines) is 1. The maximum atomic E-state index is 5.88. The lowest BCUT2D eigenvalue weighted by atomic mass is 9.88. The Bertz CT molecular complexity index is 989. The predicted molar refractivity (Wildman–Crippen MR) is 131 cm³/mol. The summed E-state index contributed by atoms with van der Waals surface area (Å²) in [4.78, 5) is 7.80. The first kappa shape index (κ1) is 21.3. The van der Waals surface area contributed by atoms with Crippen molar-refractivity contribution < 1.29 is 4.42 Å². The highest BCUT2D eigenvalue weighted by molar-refractivity contribution is 5.46. The lowest BCUT2D eigenvalue weighted by Gasteiger charge is -2.38. The molecule has 2 aliphatic rings. The molecule has 2 saturated heterocycles. The van der Waals surface area contributed by atoms with E-state index in [1.807, 2.05) is 6.92 Å². The first-order valence-electron chi connectivity index (χ1n) is 12.0. The van der Waals surface area contributed by atoms with Crippen LogP contribution in [-0.2, 0) is 6.54 Å². The Kier molecular flexibility index (Phi) is 6.33. The first-order valence-corrected chi connectivity index (χ1v) is 12.0. The molecule has 32 heavy (non-hydrogen) atoms. The van der Waals surface area contributed by atoms with Crippen LogP contribution in [0.5, 0.6) is 0 Å². The summed E-state index contributed by atoms with van der Waals surface area (Å²) in [6, 6.07) is 24.3. The number of hydrogen-bond donors (Lipinski definition) is 0. The molecule has 1 aromatic heterocycles. The molecule has 0 N–H and O–H groups in total. The smallest absolute Gasteiger partial charge is 0.118 e. The Balaban J connectivity index is 1.25. The van der Waals surface area contributed by atoms with Crippen LogP contribution in [0.4, 0.5) is 5.69 Å². The van der Waals surface area contributed by atoms with Crippen molar-refractivity contribution in [1.82, 2.24) is 9.80 Å². The maximum Gasteiger partial charge on any atom is 0.118 e. The Morgan fingerprint density at radius 2 is 1.53 bits per heavy atom. The van der Waals surface area contributed by atoms with Gasteiger partial charge in [0.15, 0.2) is 0 Å². The summed E-state index contributed by atoms with van der Waals surface area (Å²) in [6.07, 6.45) is 0. The number of hydrogen-bond acceptors (Lipinski definition) is 4. The van der Waals surface area contributed by atoms with Gasteiger partial charge in [-0.1, -0.05) is 48.0 Å². The van der Waals surface area contributed by atoms with Crippen molar-refractivity contribution in [2.45, 2.75) is 26.3 Å². The van der Waals surface area contributed by atoms with E-state index in [1.54, 1.807) is 0 Å². The fourth-order valence-electron chi connectivity index (χ4n) is 5.42. The SMILES string of the molecule is Cc1ccc(C2CN(Cc3ccc(C)o3)CC2CN2CCN(c3ccccc3)CC2)cc1. The number of benzene rings is 2. The fourth-order valence-corrected chi connectivity index (χ4v) is 5.42. The Labute approximate surface area is 192 Å². The Morgan fingerprint density at radius 3 is 2.22 bits per heavy atom. The second-order valence-electron chi connectivity index (χ2n) is 9.61. The van der Waals surface area contributed by atoms with Gasteiger partial charge >= 0.3 is 0 Å². The van der Waals surface area contributed by atoms with Gasteiger partial charge in [-0.3, -0.25) is 9.80 Å². The van der Waals surface area contributed by atoms with Crippen LogP contribution in [0.15, 0.2) is 71.1 Å². The normalized spacial score (nSPS) is 22.5. The molecule has 2 aliphatic heterocycles. The van der Waals surface area contributed by atoms with Crippen molar-refractivity contribution in [1.29, 1.82) is 0 Å². The molecular formula is C28H35N3O. The van der Waals surface area contributed by atoms with Gasteiger partial charge in [0.25, 0.3) is 0 Å². The largest absolute Gasteiger partial charge is 0.465 e. The maximum absolute atomic E-state index is 5.88. The zero-order valence-corrected chi connectivity index (χ0v) is 19.4.